The Bertz CT molecular complexity index is 446. The Morgan fingerprint density at radius 2 is 1.20 bits per heavy atom. The van der Waals surface area contributed by atoms with Crippen LogP contribution < -0.4 is 0 Å². The second-order valence-corrected chi connectivity index (χ2v) is 5.59. The lowest BCUT2D eigenvalue weighted by Crippen LogP contribution is -2.32. The van der Waals surface area contributed by atoms with Crippen LogP contribution in [0.5, 0.6) is 0 Å². The minimum Gasteiger partial charge on any atom is -0.730 e. The van der Waals surface area contributed by atoms with Gasteiger partial charge in [0.1, 0.15) is 0 Å². The van der Waals surface area contributed by atoms with E-state index in [1.165, 1.54) is 0 Å². The summed E-state index contributed by atoms with van der Waals surface area (Å²) in [5, 5.41) is 0. The summed E-state index contributed by atoms with van der Waals surface area (Å²) in [7, 11) is -13.2. The number of rotatable bonds is 1. The summed E-state index contributed by atoms with van der Waals surface area (Å²) in [4.78, 5) is 0. The fourth-order valence-corrected chi connectivity index (χ4v) is 2.15. The first-order valence-corrected chi connectivity index (χ1v) is 5.58. The topological polar surface area (TPSA) is 74.3 Å². The molecule has 1 atom stereocenters. The molecular weight excluding hydrogens is 278 g/mol. The van der Waals surface area contributed by atoms with Gasteiger partial charge in [-0.05, 0) is 0 Å². The second kappa shape index (κ2) is 3.47. The van der Waals surface area contributed by atoms with Gasteiger partial charge in [0, 0.05) is 0 Å². The molecular formula is C3F6O4S2. The quantitative estimate of drug-likeness (QED) is 0.397. The molecule has 15 heavy (non-hydrogen) atoms. The van der Waals surface area contributed by atoms with Gasteiger partial charge in [0.05, 0.1) is 0 Å². The smallest absolute Gasteiger partial charge is 0.550 e. The van der Waals surface area contributed by atoms with Gasteiger partial charge in [-0.25, -0.2) is 4.21 Å². The molecule has 12 heteroatoms. The Labute approximate surface area is 79.6 Å². The van der Waals surface area contributed by atoms with E-state index in [0.29, 0.717) is 0 Å². The van der Waals surface area contributed by atoms with Gasteiger partial charge in [-0.1, -0.05) is 0 Å². The predicted molar refractivity (Wildman–Crippen MR) is 35.0 cm³/mol. The van der Waals surface area contributed by atoms with Gasteiger partial charge >= 0.3 is 25.6 Å². The third kappa shape index (κ3) is 3.19. The monoisotopic (exact) mass is 278 g/mol. The Kier molecular flexibility index (Phi) is 3.34. The molecule has 0 aliphatic rings. The van der Waals surface area contributed by atoms with E-state index in [1.54, 1.807) is 0 Å². The molecule has 0 aliphatic carbocycles. The molecule has 0 spiro atoms. The molecule has 0 N–H and O–H groups in total. The number of hydrogen-bond acceptors (Lipinski definition) is 4. The fourth-order valence-electron chi connectivity index (χ4n) is 0.239. The van der Waals surface area contributed by atoms with Crippen LogP contribution in [0.15, 0.2) is 0 Å². The number of hydrogen-bond donors (Lipinski definition) is 0. The van der Waals surface area contributed by atoms with Crippen molar-refractivity contribution in [3.63, 3.8) is 0 Å². The SMILES string of the molecule is O=S(=O)([C+]=S(=O)([O-])C(F)(F)F)C(F)(F)F. The van der Waals surface area contributed by atoms with Crippen molar-refractivity contribution in [2.75, 3.05) is 0 Å². The first-order valence-electron chi connectivity index (χ1n) is 2.62. The van der Waals surface area contributed by atoms with Gasteiger partial charge in [-0.15, -0.1) is 0 Å². The van der Waals surface area contributed by atoms with E-state index in [1.807, 2.05) is 0 Å². The highest BCUT2D eigenvalue weighted by Gasteiger charge is 2.58. The van der Waals surface area contributed by atoms with Crippen LogP contribution in [0.4, 0.5) is 26.3 Å². The minimum atomic E-state index is -6.60. The van der Waals surface area contributed by atoms with E-state index >= 15 is 0 Å². The summed E-state index contributed by atoms with van der Waals surface area (Å²) in [6.07, 6.45) is 0. The normalized spacial score (nSPS) is 18.1. The van der Waals surface area contributed by atoms with Crippen LogP contribution in [0, 0.1) is 0 Å². The zero-order chi connectivity index (χ0) is 12.7. The number of halogens is 6. The van der Waals surface area contributed by atoms with Crippen molar-refractivity contribution in [1.29, 1.82) is 0 Å². The van der Waals surface area contributed by atoms with E-state index < -0.39 is 35.4 Å². The molecule has 0 saturated heterocycles. The molecule has 0 aromatic heterocycles. The molecule has 90 valence electrons. The maximum Gasteiger partial charge on any atom is 0.550 e. The van der Waals surface area contributed by atoms with Crippen molar-refractivity contribution >= 4 is 24.3 Å². The lowest BCUT2D eigenvalue weighted by molar-refractivity contribution is -0.0463. The number of alkyl halides is 6. The molecule has 0 saturated carbocycles. The van der Waals surface area contributed by atoms with E-state index in [-0.39, 0.29) is 0 Å². The first kappa shape index (κ1) is 14.4. The predicted octanol–water partition coefficient (Wildman–Crippen LogP) is 0.492. The summed E-state index contributed by atoms with van der Waals surface area (Å²) >= 11 is 0. The van der Waals surface area contributed by atoms with Gasteiger partial charge in [0.2, 0.25) is 9.80 Å². The zero-order valence-electron chi connectivity index (χ0n) is 6.22. The van der Waals surface area contributed by atoms with Crippen LogP contribution in [-0.4, -0.2) is 32.9 Å². The lowest BCUT2D eigenvalue weighted by Gasteiger charge is -2.07. The third-order valence-corrected chi connectivity index (χ3v) is 3.80. The first-order chi connectivity index (χ1) is 6.21. The van der Waals surface area contributed by atoms with Crippen molar-refractivity contribution in [1.82, 2.24) is 0 Å². The molecule has 0 aliphatic heterocycles. The maximum absolute atomic E-state index is 11.5. The third-order valence-electron chi connectivity index (χ3n) is 0.829. The van der Waals surface area contributed by atoms with Gasteiger partial charge in [0.25, 0.3) is 0 Å². The average molecular weight is 278 g/mol. The van der Waals surface area contributed by atoms with Crippen LogP contribution in [-0.2, 0) is 19.6 Å². The van der Waals surface area contributed by atoms with Crippen molar-refractivity contribution < 1.29 is 43.5 Å². The lowest BCUT2D eigenvalue weighted by atomic mass is 11.6. The Hall–Kier alpha value is -0.580. The molecule has 4 nitrogen and oxygen atoms in total. The highest BCUT2D eigenvalue weighted by molar-refractivity contribution is 8.20. The van der Waals surface area contributed by atoms with Gasteiger partial charge in [0.15, 0.2) is 0 Å². The molecule has 0 amide bonds. The molecule has 1 unspecified atom stereocenters. The minimum absolute atomic E-state index is 0.493. The highest BCUT2D eigenvalue weighted by Crippen LogP contribution is 2.27. The molecule has 0 radical (unpaired) electrons. The molecule has 0 fully saturated rings. The van der Waals surface area contributed by atoms with Crippen LogP contribution >= 0.6 is 0 Å². The molecule has 0 heterocycles. The largest absolute Gasteiger partial charge is 0.730 e. The fraction of sp³-hybridized carbons (Fsp3) is 0.667. The van der Waals surface area contributed by atoms with Gasteiger partial charge in [-0.2, -0.15) is 34.8 Å². The average Bonchev–Trinajstić information content (AvgIpc) is 1.77. The number of sulfone groups is 1. The van der Waals surface area contributed by atoms with E-state index in [0.717, 1.165) is 0 Å². The van der Waals surface area contributed by atoms with E-state index in [4.69, 9.17) is 0 Å². The van der Waals surface area contributed by atoms with Crippen LogP contribution in [0.3, 0.4) is 0 Å². The van der Waals surface area contributed by atoms with Crippen molar-refractivity contribution in [3.8, 4) is 0 Å². The van der Waals surface area contributed by atoms with E-state index in [9.17, 15) is 43.5 Å². The molecule has 0 bridgehead atoms. The molecule has 0 aromatic rings. The van der Waals surface area contributed by atoms with Crippen molar-refractivity contribution in [3.05, 3.63) is 0 Å². The highest BCUT2D eigenvalue weighted by atomic mass is 32.3. The van der Waals surface area contributed by atoms with Crippen LogP contribution in [0.2, 0.25) is 0 Å². The zero-order valence-corrected chi connectivity index (χ0v) is 7.85. The summed E-state index contributed by atoms with van der Waals surface area (Å²) < 4.78 is 108. The Morgan fingerprint density at radius 3 is 1.40 bits per heavy atom. The summed E-state index contributed by atoms with van der Waals surface area (Å²) in [6.45, 7) is 0. The molecule has 0 aromatic carbocycles. The maximum atomic E-state index is 11.5. The van der Waals surface area contributed by atoms with Crippen molar-refractivity contribution in [2.45, 2.75) is 11.0 Å². The van der Waals surface area contributed by atoms with E-state index in [2.05, 4.69) is 0 Å². The summed E-state index contributed by atoms with van der Waals surface area (Å²) in [5.74, 6) is 0. The summed E-state index contributed by atoms with van der Waals surface area (Å²) in [5.41, 5.74) is -12.3. The summed E-state index contributed by atoms with van der Waals surface area (Å²) in [6, 6.07) is 0. The Balaban J connectivity index is 5.77. The van der Waals surface area contributed by atoms with Gasteiger partial charge < -0.3 is 4.55 Å². The standard InChI is InChI=1S/C3F6O4S2/c4-2(5,6)14(10,11)1-15(12,13)3(7,8)9. The van der Waals surface area contributed by atoms with Crippen LogP contribution in [0.25, 0.3) is 0 Å². The molecule has 0 rings (SSSR count). The van der Waals surface area contributed by atoms with Crippen molar-refractivity contribution in [2.24, 2.45) is 0 Å². The van der Waals surface area contributed by atoms with Crippen LogP contribution in [0.1, 0.15) is 0 Å². The van der Waals surface area contributed by atoms with Gasteiger partial charge in [-0.3, -0.25) is 0 Å². The Morgan fingerprint density at radius 1 is 0.867 bits per heavy atom. The second-order valence-electron chi connectivity index (χ2n) is 1.98.